The second-order valence-electron chi connectivity index (χ2n) is 4.91. The minimum Gasteiger partial charge on any atom is -0.480 e. The predicted molar refractivity (Wildman–Crippen MR) is 68.7 cm³/mol. The lowest BCUT2D eigenvalue weighted by atomic mass is 10.2. The molecule has 3 amide bonds. The maximum atomic E-state index is 12.0. The van der Waals surface area contributed by atoms with Gasteiger partial charge in [-0.25, -0.2) is 4.79 Å². The van der Waals surface area contributed by atoms with Gasteiger partial charge in [-0.2, -0.15) is 0 Å². The molecule has 0 aromatic carbocycles. The van der Waals surface area contributed by atoms with Gasteiger partial charge >= 0.3 is 12.0 Å². The average Bonchev–Trinajstić information content (AvgIpc) is 2.85. The Morgan fingerprint density at radius 2 is 1.79 bits per heavy atom. The summed E-state index contributed by atoms with van der Waals surface area (Å²) in [5.41, 5.74) is 0. The Labute approximate surface area is 112 Å². The molecular weight excluding hydrogens is 250 g/mol. The van der Waals surface area contributed by atoms with Crippen molar-refractivity contribution in [2.75, 3.05) is 27.2 Å². The minimum absolute atomic E-state index is 0.0365. The van der Waals surface area contributed by atoms with Crippen LogP contribution in [-0.2, 0) is 9.59 Å². The first-order valence-electron chi connectivity index (χ1n) is 6.38. The van der Waals surface area contributed by atoms with Gasteiger partial charge in [-0.05, 0) is 12.8 Å². The molecule has 0 radical (unpaired) electrons. The number of nitrogens with zero attached hydrogens (tertiary/aromatic N) is 2. The van der Waals surface area contributed by atoms with Gasteiger partial charge in [0, 0.05) is 20.1 Å². The Kier molecular flexibility index (Phi) is 5.59. The van der Waals surface area contributed by atoms with Crippen molar-refractivity contribution in [3.05, 3.63) is 0 Å². The monoisotopic (exact) mass is 271 g/mol. The smallest absolute Gasteiger partial charge is 0.323 e. The normalized spacial score (nSPS) is 15.1. The van der Waals surface area contributed by atoms with Gasteiger partial charge in [0.1, 0.15) is 6.54 Å². The summed E-state index contributed by atoms with van der Waals surface area (Å²) in [6.45, 7) is -0.443. The van der Waals surface area contributed by atoms with E-state index in [9.17, 15) is 14.4 Å². The number of nitrogens with one attached hydrogen (secondary N) is 1. The van der Waals surface area contributed by atoms with Crippen LogP contribution in [0.25, 0.3) is 0 Å². The van der Waals surface area contributed by atoms with Gasteiger partial charge in [-0.15, -0.1) is 0 Å². The largest absolute Gasteiger partial charge is 0.480 e. The van der Waals surface area contributed by atoms with Crippen LogP contribution in [0, 0.1) is 0 Å². The first-order valence-corrected chi connectivity index (χ1v) is 6.38. The Morgan fingerprint density at radius 3 is 2.26 bits per heavy atom. The molecule has 1 fully saturated rings. The number of hydrogen-bond acceptors (Lipinski definition) is 3. The number of hydrogen-bond donors (Lipinski definition) is 2. The molecule has 0 aromatic heterocycles. The van der Waals surface area contributed by atoms with Gasteiger partial charge < -0.3 is 20.2 Å². The van der Waals surface area contributed by atoms with Crippen molar-refractivity contribution in [3.63, 3.8) is 0 Å². The second-order valence-corrected chi connectivity index (χ2v) is 4.91. The van der Waals surface area contributed by atoms with Gasteiger partial charge in [0.25, 0.3) is 0 Å². The topological polar surface area (TPSA) is 90.0 Å². The Hall–Kier alpha value is -1.79. The molecule has 0 heterocycles. The number of urea groups is 1. The van der Waals surface area contributed by atoms with E-state index >= 15 is 0 Å². The van der Waals surface area contributed by atoms with Crippen molar-refractivity contribution in [2.45, 2.75) is 31.7 Å². The zero-order valence-electron chi connectivity index (χ0n) is 11.4. The zero-order valence-corrected chi connectivity index (χ0v) is 11.4. The Bertz CT molecular complexity index is 351. The van der Waals surface area contributed by atoms with Crippen LogP contribution in [0.15, 0.2) is 0 Å². The third-order valence-corrected chi connectivity index (χ3v) is 3.22. The summed E-state index contributed by atoms with van der Waals surface area (Å²) in [5, 5.41) is 11.3. The first-order chi connectivity index (χ1) is 8.91. The molecule has 0 aromatic rings. The van der Waals surface area contributed by atoms with Crippen LogP contribution < -0.4 is 5.32 Å². The minimum atomic E-state index is -1.04. The zero-order chi connectivity index (χ0) is 14.4. The lowest BCUT2D eigenvalue weighted by molar-refractivity contribution is -0.138. The highest BCUT2D eigenvalue weighted by Gasteiger charge is 2.28. The Morgan fingerprint density at radius 1 is 1.21 bits per heavy atom. The highest BCUT2D eigenvalue weighted by atomic mass is 16.4. The third kappa shape index (κ3) is 4.76. The molecule has 0 aliphatic heterocycles. The van der Waals surface area contributed by atoms with Gasteiger partial charge in [0.05, 0.1) is 6.54 Å². The van der Waals surface area contributed by atoms with Crippen LogP contribution in [0.4, 0.5) is 4.79 Å². The van der Waals surface area contributed by atoms with Crippen LogP contribution >= 0.6 is 0 Å². The molecule has 108 valence electrons. The predicted octanol–water partition coefficient (Wildman–Crippen LogP) is 0.113. The van der Waals surface area contributed by atoms with Crippen molar-refractivity contribution in [1.29, 1.82) is 0 Å². The summed E-state index contributed by atoms with van der Waals surface area (Å²) in [5.74, 6) is -1.27. The van der Waals surface area contributed by atoms with E-state index in [1.54, 1.807) is 14.1 Å². The van der Waals surface area contributed by atoms with Gasteiger partial charge in [-0.1, -0.05) is 12.8 Å². The SMILES string of the molecule is CN(C)C(=O)CNC(=O)N(CC(=O)O)C1CCCC1. The molecule has 1 aliphatic rings. The van der Waals surface area contributed by atoms with E-state index in [0.29, 0.717) is 0 Å². The lowest BCUT2D eigenvalue weighted by Crippen LogP contribution is -2.49. The van der Waals surface area contributed by atoms with Crippen LogP contribution in [0.1, 0.15) is 25.7 Å². The standard InChI is InChI=1S/C12H21N3O4/c1-14(2)10(16)7-13-12(19)15(8-11(17)18)9-5-3-4-6-9/h9H,3-8H2,1-2H3,(H,13,19)(H,17,18). The fourth-order valence-electron chi connectivity index (χ4n) is 2.14. The second kappa shape index (κ2) is 6.96. The summed E-state index contributed by atoms with van der Waals surface area (Å²) in [6.07, 6.45) is 3.65. The van der Waals surface area contributed by atoms with E-state index in [4.69, 9.17) is 5.11 Å². The summed E-state index contributed by atoms with van der Waals surface area (Å²) in [6, 6.07) is -0.518. The Balaban J connectivity index is 2.55. The van der Waals surface area contributed by atoms with Crippen LogP contribution in [0.2, 0.25) is 0 Å². The van der Waals surface area contributed by atoms with Crippen LogP contribution in [0.5, 0.6) is 0 Å². The molecule has 1 aliphatic carbocycles. The van der Waals surface area contributed by atoms with Crippen LogP contribution in [-0.4, -0.2) is 66.0 Å². The van der Waals surface area contributed by atoms with Gasteiger partial charge in [-0.3, -0.25) is 9.59 Å². The lowest BCUT2D eigenvalue weighted by Gasteiger charge is -2.27. The van der Waals surface area contributed by atoms with Crippen LogP contribution in [0.3, 0.4) is 0 Å². The molecule has 0 spiro atoms. The number of carboxylic acid groups (broad SMARTS) is 1. The maximum Gasteiger partial charge on any atom is 0.323 e. The van der Waals surface area contributed by atoms with Gasteiger partial charge in [0.2, 0.25) is 5.91 Å². The number of carboxylic acids is 1. The molecule has 7 heteroatoms. The molecule has 19 heavy (non-hydrogen) atoms. The number of carbonyl (C=O) groups excluding carboxylic acids is 2. The van der Waals surface area contributed by atoms with E-state index in [1.165, 1.54) is 9.80 Å². The molecule has 1 saturated carbocycles. The summed E-state index contributed by atoms with van der Waals surface area (Å²) in [7, 11) is 3.20. The van der Waals surface area contributed by atoms with Crippen molar-refractivity contribution < 1.29 is 19.5 Å². The highest BCUT2D eigenvalue weighted by molar-refractivity contribution is 5.85. The fraction of sp³-hybridized carbons (Fsp3) is 0.750. The van der Waals surface area contributed by atoms with Crippen molar-refractivity contribution in [3.8, 4) is 0 Å². The van der Waals surface area contributed by atoms with E-state index in [-0.39, 0.29) is 25.0 Å². The first kappa shape index (κ1) is 15.3. The number of rotatable bonds is 5. The molecule has 7 nitrogen and oxygen atoms in total. The van der Waals surface area contributed by atoms with E-state index in [1.807, 2.05) is 0 Å². The van der Waals surface area contributed by atoms with E-state index < -0.39 is 12.0 Å². The molecule has 2 N–H and O–H groups in total. The average molecular weight is 271 g/mol. The molecule has 0 unspecified atom stereocenters. The third-order valence-electron chi connectivity index (χ3n) is 3.22. The van der Waals surface area contributed by atoms with E-state index in [0.717, 1.165) is 25.7 Å². The van der Waals surface area contributed by atoms with Crippen molar-refractivity contribution in [1.82, 2.24) is 15.1 Å². The summed E-state index contributed by atoms with van der Waals surface area (Å²) >= 11 is 0. The number of likely N-dealkylation sites (N-methyl/N-ethyl adjacent to an activating group) is 1. The highest BCUT2D eigenvalue weighted by Crippen LogP contribution is 2.23. The summed E-state index contributed by atoms with van der Waals surface area (Å²) < 4.78 is 0. The number of aliphatic carboxylic acids is 1. The molecule has 0 bridgehead atoms. The summed E-state index contributed by atoms with van der Waals surface area (Å²) in [4.78, 5) is 36.9. The molecule has 0 saturated heterocycles. The number of carbonyl (C=O) groups is 3. The quantitative estimate of drug-likeness (QED) is 0.743. The van der Waals surface area contributed by atoms with Crippen molar-refractivity contribution in [2.24, 2.45) is 0 Å². The van der Waals surface area contributed by atoms with Gasteiger partial charge in [0.15, 0.2) is 0 Å². The van der Waals surface area contributed by atoms with Crippen molar-refractivity contribution >= 4 is 17.9 Å². The number of amides is 3. The molecular formula is C12H21N3O4. The molecule has 0 atom stereocenters. The maximum absolute atomic E-state index is 12.0. The fourth-order valence-corrected chi connectivity index (χ4v) is 2.14. The molecule has 1 rings (SSSR count). The van der Waals surface area contributed by atoms with E-state index in [2.05, 4.69) is 5.32 Å².